The lowest BCUT2D eigenvalue weighted by Crippen LogP contribution is -2.43. The van der Waals surface area contributed by atoms with Gasteiger partial charge < -0.3 is 0 Å². The molecule has 0 unspecified atom stereocenters. The molecule has 70 heavy (non-hydrogen) atoms. The van der Waals surface area contributed by atoms with Crippen molar-refractivity contribution in [3.63, 3.8) is 0 Å². The Morgan fingerprint density at radius 1 is 0.257 bits per heavy atom. The Morgan fingerprint density at radius 2 is 0.543 bits per heavy atom. The van der Waals surface area contributed by atoms with Gasteiger partial charge in [-0.15, -0.1) is 0 Å². The van der Waals surface area contributed by atoms with Crippen molar-refractivity contribution in [2.24, 2.45) is 96.1 Å². The highest BCUT2D eigenvalue weighted by Crippen LogP contribution is 2.60. The largest absolute Gasteiger partial charge is 0.0625 e. The molecule has 8 aliphatic rings. The van der Waals surface area contributed by atoms with Gasteiger partial charge in [-0.2, -0.15) is 0 Å². The van der Waals surface area contributed by atoms with Crippen molar-refractivity contribution in [1.29, 1.82) is 0 Å². The molecule has 0 heteroatoms. The predicted molar refractivity (Wildman–Crippen MR) is 318 cm³/mol. The second-order valence-electron chi connectivity index (χ2n) is 34.3. The van der Waals surface area contributed by atoms with E-state index in [-0.39, 0.29) is 0 Å². The van der Waals surface area contributed by atoms with Crippen LogP contribution in [0.15, 0.2) is 0 Å². The molecule has 0 aliphatic heterocycles. The smallest absolute Gasteiger partial charge is 0.0287 e. The molecule has 0 aromatic carbocycles. The Morgan fingerprint density at radius 3 is 0.843 bits per heavy atom. The Labute approximate surface area is 445 Å². The van der Waals surface area contributed by atoms with Crippen LogP contribution in [0.1, 0.15) is 351 Å². The van der Waals surface area contributed by atoms with Crippen molar-refractivity contribution in [2.75, 3.05) is 0 Å². The third-order valence-electron chi connectivity index (χ3n) is 21.7. The molecular weight excluding hydrogens is 841 g/mol. The maximum Gasteiger partial charge on any atom is -0.0287 e. The number of rotatable bonds is 2. The van der Waals surface area contributed by atoms with E-state index in [0.29, 0.717) is 37.9 Å². The second kappa shape index (κ2) is 26.9. The SMILES string of the molecule is CC(C)C(C)C(C)C.CC1CC(C)(C)CC(C)(C)C1.CC1CCC(C)(C)CC1.CC1CCC2(CC1)CC(C)(C)CC(C)(C)C2.CC1CCC2(CC1)CCC(C)(C)CC2.CC1CCC2(CCCCC2)CC1. The zero-order valence-electron chi connectivity index (χ0n) is 53.0. The van der Waals surface area contributed by atoms with Crippen LogP contribution in [0.3, 0.4) is 0 Å². The number of hydrogen-bond acceptors (Lipinski definition) is 0. The van der Waals surface area contributed by atoms with Crippen LogP contribution in [0.2, 0.25) is 0 Å². The van der Waals surface area contributed by atoms with Gasteiger partial charge >= 0.3 is 0 Å². The van der Waals surface area contributed by atoms with Crippen molar-refractivity contribution >= 4 is 0 Å². The molecule has 0 nitrogen and oxygen atoms in total. The lowest BCUT2D eigenvalue weighted by molar-refractivity contribution is -0.0321. The van der Waals surface area contributed by atoms with Gasteiger partial charge in [-0.25, -0.2) is 0 Å². The van der Waals surface area contributed by atoms with Crippen molar-refractivity contribution < 1.29 is 0 Å². The molecule has 0 N–H and O–H groups in total. The molecule has 0 aromatic rings. The van der Waals surface area contributed by atoms with Gasteiger partial charge in [-0.1, -0.05) is 223 Å². The first kappa shape index (κ1) is 64.3. The minimum absolute atomic E-state index is 0.572. The van der Waals surface area contributed by atoms with Crippen LogP contribution in [0.5, 0.6) is 0 Å². The maximum absolute atomic E-state index is 2.49. The molecule has 0 amide bonds. The van der Waals surface area contributed by atoms with Crippen molar-refractivity contribution in [3.8, 4) is 0 Å². The molecule has 0 heterocycles. The van der Waals surface area contributed by atoms with E-state index in [9.17, 15) is 0 Å². The third kappa shape index (κ3) is 23.5. The van der Waals surface area contributed by atoms with Crippen molar-refractivity contribution in [1.82, 2.24) is 0 Å². The van der Waals surface area contributed by atoms with Crippen LogP contribution in [-0.4, -0.2) is 0 Å². The van der Waals surface area contributed by atoms with E-state index in [2.05, 4.69) is 152 Å². The topological polar surface area (TPSA) is 0 Å². The minimum atomic E-state index is 0.572. The monoisotopic (exact) mass is 977 g/mol. The van der Waals surface area contributed by atoms with Gasteiger partial charge in [-0.3, -0.25) is 0 Å². The van der Waals surface area contributed by atoms with Gasteiger partial charge in [0, 0.05) is 0 Å². The molecule has 8 saturated carbocycles. The molecule has 8 fully saturated rings. The Bertz CT molecular complexity index is 1350. The van der Waals surface area contributed by atoms with E-state index in [1.807, 2.05) is 0 Å². The lowest BCUT2D eigenvalue weighted by atomic mass is 9.51. The normalized spacial score (nSPS) is 28.9. The highest BCUT2D eigenvalue weighted by Gasteiger charge is 2.48. The quantitative estimate of drug-likeness (QED) is 0.259. The van der Waals surface area contributed by atoms with Crippen LogP contribution in [-0.2, 0) is 0 Å². The highest BCUT2D eigenvalue weighted by molar-refractivity contribution is 4.99. The Balaban J connectivity index is 0.000000226. The Kier molecular flexibility index (Phi) is 24.7. The van der Waals surface area contributed by atoms with Crippen LogP contribution in [0, 0.1) is 96.1 Å². The van der Waals surface area contributed by atoms with E-state index in [1.165, 1.54) is 173 Å². The van der Waals surface area contributed by atoms with E-state index in [0.717, 1.165) is 58.2 Å². The average Bonchev–Trinajstić information content (AvgIpc) is 3.22. The molecular formula is C70H136. The summed E-state index contributed by atoms with van der Waals surface area (Å²) in [6.45, 7) is 52.8. The van der Waals surface area contributed by atoms with E-state index < -0.39 is 0 Å². The molecule has 0 saturated heterocycles. The molecule has 0 aromatic heterocycles. The first-order valence-corrected chi connectivity index (χ1v) is 32.0. The maximum atomic E-state index is 2.49. The summed E-state index contributed by atoms with van der Waals surface area (Å²) >= 11 is 0. The van der Waals surface area contributed by atoms with Gasteiger partial charge in [0.05, 0.1) is 0 Å². The van der Waals surface area contributed by atoms with Crippen LogP contribution in [0.4, 0.5) is 0 Å². The van der Waals surface area contributed by atoms with E-state index >= 15 is 0 Å². The summed E-state index contributed by atoms with van der Waals surface area (Å²) in [6, 6.07) is 0. The van der Waals surface area contributed by atoms with Gasteiger partial charge in [0.25, 0.3) is 0 Å². The summed E-state index contributed by atoms with van der Waals surface area (Å²) in [5.74, 6) is 7.50. The van der Waals surface area contributed by atoms with Gasteiger partial charge in [0.1, 0.15) is 0 Å². The highest BCUT2D eigenvalue weighted by atomic mass is 14.5. The zero-order chi connectivity index (χ0) is 53.0. The molecule has 0 bridgehead atoms. The van der Waals surface area contributed by atoms with Crippen LogP contribution in [0.25, 0.3) is 0 Å². The zero-order valence-corrected chi connectivity index (χ0v) is 53.0. The number of hydrogen-bond donors (Lipinski definition) is 0. The molecule has 8 rings (SSSR count). The molecule has 0 atom stereocenters. The minimum Gasteiger partial charge on any atom is -0.0625 e. The molecule has 3 spiro atoms. The molecule has 416 valence electrons. The second-order valence-corrected chi connectivity index (χ2v) is 34.3. The van der Waals surface area contributed by atoms with Crippen molar-refractivity contribution in [3.05, 3.63) is 0 Å². The fraction of sp³-hybridized carbons (Fsp3) is 1.00. The fourth-order valence-electron chi connectivity index (χ4n) is 17.5. The summed E-state index contributed by atoms with van der Waals surface area (Å²) in [6.07, 6.45) is 46.2. The fourth-order valence-corrected chi connectivity index (χ4v) is 17.5. The summed E-state index contributed by atoms with van der Waals surface area (Å²) in [7, 11) is 0. The molecule has 8 aliphatic carbocycles. The summed E-state index contributed by atoms with van der Waals surface area (Å²) in [5, 5.41) is 0. The van der Waals surface area contributed by atoms with Gasteiger partial charge in [-0.05, 0) is 224 Å². The van der Waals surface area contributed by atoms with E-state index in [1.54, 1.807) is 25.7 Å². The van der Waals surface area contributed by atoms with E-state index in [4.69, 9.17) is 0 Å². The summed E-state index contributed by atoms with van der Waals surface area (Å²) in [4.78, 5) is 0. The predicted octanol–water partition coefficient (Wildman–Crippen LogP) is 24.4. The molecule has 0 radical (unpaired) electrons. The van der Waals surface area contributed by atoms with Gasteiger partial charge in [0.15, 0.2) is 0 Å². The average molecular weight is 978 g/mol. The summed E-state index contributed by atoms with van der Waals surface area (Å²) in [5.41, 5.74) is 5.96. The summed E-state index contributed by atoms with van der Waals surface area (Å²) < 4.78 is 0. The standard InChI is InChI=1S/C16H30.C14H26.C12H22.C11H22.C9H18.C8H18/c1-13-6-8-16(9-7-13)11-14(2,3)10-15(4,5)12-16;1-12-4-6-14(7-5-12)10-8-13(2,3)9-11-14;1-11-5-9-12(10-6-11)7-3-2-4-8-12;1-9-6-10(2,3)8-11(4,5)7-9;1-8-4-6-9(2,3)7-5-8;1-6(2)8(5)7(3)4/h13H,6-12H2,1-5H3;12H,4-11H2,1-3H3;11H,2-10H2,1H3;9H,6-8H2,1-5H3;8H,4-7H2,1-3H3;6-8H,1-5H3. The first-order valence-electron chi connectivity index (χ1n) is 32.0. The van der Waals surface area contributed by atoms with Crippen LogP contribution < -0.4 is 0 Å². The third-order valence-corrected chi connectivity index (χ3v) is 21.7. The van der Waals surface area contributed by atoms with Gasteiger partial charge in [0.2, 0.25) is 0 Å². The lowest BCUT2D eigenvalue weighted by Gasteiger charge is -2.54. The van der Waals surface area contributed by atoms with Crippen molar-refractivity contribution in [2.45, 2.75) is 351 Å². The van der Waals surface area contributed by atoms with Crippen LogP contribution >= 0.6 is 0 Å². The Hall–Kier alpha value is 0. The first-order chi connectivity index (χ1) is 32.0.